The Morgan fingerprint density at radius 2 is 1.94 bits per heavy atom. The van der Waals surface area contributed by atoms with Crippen molar-refractivity contribution < 1.29 is 0 Å². The number of aryl methyl sites for hydroxylation is 1. The number of hydrogen-bond donors (Lipinski definition) is 1. The summed E-state index contributed by atoms with van der Waals surface area (Å²) >= 11 is 12.2. The summed E-state index contributed by atoms with van der Waals surface area (Å²) in [6.07, 6.45) is 3.25. The topological polar surface area (TPSA) is 12.0 Å². The highest BCUT2D eigenvalue weighted by Crippen LogP contribution is 2.27. The van der Waals surface area contributed by atoms with Crippen LogP contribution in [0.3, 0.4) is 0 Å². The molecule has 0 aromatic heterocycles. The Kier molecular flexibility index (Phi) is 6.48. The second-order valence-corrected chi connectivity index (χ2v) is 6.42. The Labute approximate surface area is 121 Å². The molecule has 0 unspecified atom stereocenters. The number of halogens is 2. The SMILES string of the molecule is CCCNCC(C)(C)CCc1cc(Cl)ccc1Cl. The smallest absolute Gasteiger partial charge is 0.0439 e. The molecule has 1 aromatic carbocycles. The van der Waals surface area contributed by atoms with Crippen molar-refractivity contribution in [1.82, 2.24) is 5.32 Å². The minimum atomic E-state index is 0.279. The molecule has 0 amide bonds. The van der Waals surface area contributed by atoms with Crippen molar-refractivity contribution in [2.24, 2.45) is 5.41 Å². The minimum Gasteiger partial charge on any atom is -0.316 e. The zero-order chi connectivity index (χ0) is 13.6. The van der Waals surface area contributed by atoms with Crippen LogP contribution < -0.4 is 5.32 Å². The molecule has 1 N–H and O–H groups in total. The number of benzene rings is 1. The van der Waals surface area contributed by atoms with Gasteiger partial charge in [0.1, 0.15) is 0 Å². The van der Waals surface area contributed by atoms with Crippen LogP contribution in [0, 0.1) is 5.41 Å². The normalized spacial score (nSPS) is 11.8. The van der Waals surface area contributed by atoms with Gasteiger partial charge >= 0.3 is 0 Å². The van der Waals surface area contributed by atoms with Crippen LogP contribution >= 0.6 is 23.2 Å². The van der Waals surface area contributed by atoms with E-state index in [0.717, 1.165) is 41.5 Å². The Balaban J connectivity index is 2.50. The third kappa shape index (κ3) is 5.60. The Bertz CT molecular complexity index is 375. The van der Waals surface area contributed by atoms with Crippen LogP contribution in [0.1, 0.15) is 39.2 Å². The van der Waals surface area contributed by atoms with Crippen molar-refractivity contribution >= 4 is 23.2 Å². The molecule has 0 aliphatic carbocycles. The van der Waals surface area contributed by atoms with E-state index >= 15 is 0 Å². The lowest BCUT2D eigenvalue weighted by atomic mass is 9.86. The van der Waals surface area contributed by atoms with Crippen molar-refractivity contribution in [3.05, 3.63) is 33.8 Å². The Morgan fingerprint density at radius 3 is 2.61 bits per heavy atom. The predicted molar refractivity (Wildman–Crippen MR) is 81.7 cm³/mol. The van der Waals surface area contributed by atoms with Gasteiger partial charge in [-0.2, -0.15) is 0 Å². The Hall–Kier alpha value is -0.240. The molecule has 0 fully saturated rings. The van der Waals surface area contributed by atoms with Crippen molar-refractivity contribution in [3.63, 3.8) is 0 Å². The largest absolute Gasteiger partial charge is 0.316 e. The molecule has 1 rings (SSSR count). The molecule has 0 aliphatic rings. The predicted octanol–water partition coefficient (Wildman–Crippen LogP) is 4.95. The summed E-state index contributed by atoms with van der Waals surface area (Å²) in [5.74, 6) is 0. The molecule has 0 bridgehead atoms. The van der Waals surface area contributed by atoms with Gasteiger partial charge in [0.15, 0.2) is 0 Å². The van der Waals surface area contributed by atoms with Gasteiger partial charge in [-0.3, -0.25) is 0 Å². The first kappa shape index (κ1) is 15.8. The van der Waals surface area contributed by atoms with Crippen LogP contribution in [0.5, 0.6) is 0 Å². The molecular formula is C15H23Cl2N. The van der Waals surface area contributed by atoms with Crippen LogP contribution in [-0.2, 0) is 6.42 Å². The van der Waals surface area contributed by atoms with Gasteiger partial charge < -0.3 is 5.32 Å². The van der Waals surface area contributed by atoms with Crippen LogP contribution in [0.25, 0.3) is 0 Å². The fourth-order valence-electron chi connectivity index (χ4n) is 1.90. The average molecular weight is 288 g/mol. The zero-order valence-electron chi connectivity index (χ0n) is 11.5. The van der Waals surface area contributed by atoms with Crippen LogP contribution in [-0.4, -0.2) is 13.1 Å². The summed E-state index contributed by atoms with van der Waals surface area (Å²) in [6, 6.07) is 5.68. The molecule has 0 atom stereocenters. The first-order valence-electron chi connectivity index (χ1n) is 6.59. The average Bonchev–Trinajstić information content (AvgIpc) is 2.31. The quantitative estimate of drug-likeness (QED) is 0.700. The van der Waals surface area contributed by atoms with Gasteiger partial charge in [0.05, 0.1) is 0 Å². The number of hydrogen-bond acceptors (Lipinski definition) is 1. The number of rotatable bonds is 7. The van der Waals surface area contributed by atoms with Gasteiger partial charge in [0, 0.05) is 16.6 Å². The van der Waals surface area contributed by atoms with Crippen LogP contribution in [0.4, 0.5) is 0 Å². The van der Waals surface area contributed by atoms with Crippen molar-refractivity contribution in [3.8, 4) is 0 Å². The summed E-state index contributed by atoms with van der Waals surface area (Å²) in [6.45, 7) is 8.88. The van der Waals surface area contributed by atoms with E-state index in [0.29, 0.717) is 0 Å². The third-order valence-electron chi connectivity index (χ3n) is 3.11. The lowest BCUT2D eigenvalue weighted by molar-refractivity contribution is 0.315. The Morgan fingerprint density at radius 1 is 1.22 bits per heavy atom. The van der Waals surface area contributed by atoms with Gasteiger partial charge in [-0.15, -0.1) is 0 Å². The fourth-order valence-corrected chi connectivity index (χ4v) is 2.31. The molecule has 0 saturated carbocycles. The molecular weight excluding hydrogens is 265 g/mol. The summed E-state index contributed by atoms with van der Waals surface area (Å²) in [5.41, 5.74) is 1.42. The van der Waals surface area contributed by atoms with E-state index in [1.165, 1.54) is 6.42 Å². The first-order chi connectivity index (χ1) is 8.44. The molecule has 0 radical (unpaired) electrons. The van der Waals surface area contributed by atoms with Crippen molar-refractivity contribution in [2.45, 2.75) is 40.0 Å². The summed E-state index contributed by atoms with van der Waals surface area (Å²) < 4.78 is 0. The van der Waals surface area contributed by atoms with Gasteiger partial charge in [0.2, 0.25) is 0 Å². The highest BCUT2D eigenvalue weighted by atomic mass is 35.5. The van der Waals surface area contributed by atoms with E-state index in [4.69, 9.17) is 23.2 Å². The third-order valence-corrected chi connectivity index (χ3v) is 3.71. The van der Waals surface area contributed by atoms with E-state index in [1.54, 1.807) is 0 Å². The van der Waals surface area contributed by atoms with Crippen LogP contribution in [0.2, 0.25) is 10.0 Å². The molecule has 0 heterocycles. The van der Waals surface area contributed by atoms with Crippen LogP contribution in [0.15, 0.2) is 18.2 Å². The van der Waals surface area contributed by atoms with Crippen molar-refractivity contribution in [1.29, 1.82) is 0 Å². The van der Waals surface area contributed by atoms with E-state index in [2.05, 4.69) is 26.1 Å². The monoisotopic (exact) mass is 287 g/mol. The lowest BCUT2D eigenvalue weighted by Crippen LogP contribution is -2.30. The summed E-state index contributed by atoms with van der Waals surface area (Å²) in [7, 11) is 0. The first-order valence-corrected chi connectivity index (χ1v) is 7.35. The standard InChI is InChI=1S/C15H23Cl2N/c1-4-9-18-11-15(2,3)8-7-12-10-13(16)5-6-14(12)17/h5-6,10,18H,4,7-9,11H2,1-3H3. The molecule has 18 heavy (non-hydrogen) atoms. The van der Waals surface area contributed by atoms with E-state index in [-0.39, 0.29) is 5.41 Å². The molecule has 3 heteroatoms. The van der Waals surface area contributed by atoms with Gasteiger partial charge in [-0.1, -0.05) is 44.0 Å². The highest BCUT2D eigenvalue weighted by molar-refractivity contribution is 6.33. The lowest BCUT2D eigenvalue weighted by Gasteiger charge is -2.25. The summed E-state index contributed by atoms with van der Waals surface area (Å²) in [4.78, 5) is 0. The molecule has 0 aliphatic heterocycles. The van der Waals surface area contributed by atoms with E-state index in [1.807, 2.05) is 18.2 Å². The summed E-state index contributed by atoms with van der Waals surface area (Å²) in [5, 5.41) is 5.06. The fraction of sp³-hybridized carbons (Fsp3) is 0.600. The van der Waals surface area contributed by atoms with Gasteiger partial charge in [-0.05, 0) is 55.0 Å². The van der Waals surface area contributed by atoms with Crippen molar-refractivity contribution in [2.75, 3.05) is 13.1 Å². The molecule has 102 valence electrons. The minimum absolute atomic E-state index is 0.279. The molecule has 1 nitrogen and oxygen atoms in total. The maximum absolute atomic E-state index is 6.18. The molecule has 0 saturated heterocycles. The second-order valence-electron chi connectivity index (χ2n) is 5.58. The molecule has 1 aromatic rings. The zero-order valence-corrected chi connectivity index (χ0v) is 13.0. The second kappa shape index (κ2) is 7.37. The van der Waals surface area contributed by atoms with Gasteiger partial charge in [0.25, 0.3) is 0 Å². The van der Waals surface area contributed by atoms with E-state index < -0.39 is 0 Å². The highest BCUT2D eigenvalue weighted by Gasteiger charge is 2.17. The maximum Gasteiger partial charge on any atom is 0.0439 e. The maximum atomic E-state index is 6.18. The molecule has 0 spiro atoms. The van der Waals surface area contributed by atoms with Gasteiger partial charge in [-0.25, -0.2) is 0 Å². The number of nitrogens with one attached hydrogen (secondary N) is 1. The van der Waals surface area contributed by atoms with E-state index in [9.17, 15) is 0 Å².